The van der Waals surface area contributed by atoms with E-state index in [0.717, 1.165) is 5.69 Å². The lowest BCUT2D eigenvalue weighted by molar-refractivity contribution is -0.143. The van der Waals surface area contributed by atoms with Gasteiger partial charge >= 0.3 is 5.97 Å². The van der Waals surface area contributed by atoms with Crippen molar-refractivity contribution in [1.82, 2.24) is 19.7 Å². The molecule has 2 aromatic heterocycles. The molecule has 9 heteroatoms. The Morgan fingerprint density at radius 3 is 2.48 bits per heavy atom. The summed E-state index contributed by atoms with van der Waals surface area (Å²) < 4.78 is 6.44. The highest BCUT2D eigenvalue weighted by Gasteiger charge is 2.13. The smallest absolute Gasteiger partial charge is 0.327 e. The summed E-state index contributed by atoms with van der Waals surface area (Å²) in [7, 11) is 0. The summed E-state index contributed by atoms with van der Waals surface area (Å²) in [6, 6.07) is 16.3. The molecular formula is C22H20N6O3. The molecule has 0 saturated carbocycles. The Labute approximate surface area is 178 Å². The number of hydrogen-bond acceptors (Lipinski definition) is 7. The number of esters is 1. The lowest BCUT2D eigenvalue weighted by atomic mass is 10.2. The van der Waals surface area contributed by atoms with E-state index in [1.54, 1.807) is 37.4 Å². The Bertz CT molecular complexity index is 1210. The van der Waals surface area contributed by atoms with Crippen molar-refractivity contribution in [3.8, 4) is 0 Å². The average Bonchev–Trinajstić information content (AvgIpc) is 3.19. The zero-order valence-electron chi connectivity index (χ0n) is 16.8. The molecule has 2 heterocycles. The van der Waals surface area contributed by atoms with Crippen LogP contribution in [0.3, 0.4) is 0 Å². The van der Waals surface area contributed by atoms with Gasteiger partial charge in [0.2, 0.25) is 0 Å². The van der Waals surface area contributed by atoms with E-state index < -0.39 is 0 Å². The van der Waals surface area contributed by atoms with Crippen LogP contribution in [0.1, 0.15) is 17.3 Å². The lowest BCUT2D eigenvalue weighted by Gasteiger charge is -2.09. The largest absolute Gasteiger partial charge is 0.465 e. The summed E-state index contributed by atoms with van der Waals surface area (Å²) >= 11 is 0. The molecule has 2 N–H and O–H groups in total. The predicted molar refractivity (Wildman–Crippen MR) is 116 cm³/mol. The van der Waals surface area contributed by atoms with E-state index >= 15 is 0 Å². The van der Waals surface area contributed by atoms with Crippen molar-refractivity contribution < 1.29 is 14.3 Å². The Morgan fingerprint density at radius 2 is 1.74 bits per heavy atom. The van der Waals surface area contributed by atoms with Crippen LogP contribution in [0.2, 0.25) is 0 Å². The highest BCUT2D eigenvalue weighted by atomic mass is 16.5. The third kappa shape index (κ3) is 4.67. The number of amides is 1. The van der Waals surface area contributed by atoms with Crippen molar-refractivity contribution in [2.24, 2.45) is 0 Å². The minimum Gasteiger partial charge on any atom is -0.465 e. The number of fused-ring (bicyclic) bond motifs is 1. The summed E-state index contributed by atoms with van der Waals surface area (Å²) in [5, 5.41) is 11.0. The summed E-state index contributed by atoms with van der Waals surface area (Å²) in [5.41, 5.74) is 2.57. The topological polar surface area (TPSA) is 111 Å². The second-order valence-electron chi connectivity index (χ2n) is 6.59. The van der Waals surface area contributed by atoms with Crippen LogP contribution < -0.4 is 10.6 Å². The molecule has 0 bridgehead atoms. The number of carbonyl (C=O) groups is 2. The van der Waals surface area contributed by atoms with Gasteiger partial charge in [0.15, 0.2) is 5.65 Å². The second kappa shape index (κ2) is 9.04. The molecule has 0 aliphatic rings. The minimum atomic E-state index is -0.381. The van der Waals surface area contributed by atoms with Crippen LogP contribution in [0.5, 0.6) is 0 Å². The van der Waals surface area contributed by atoms with Gasteiger partial charge in [-0.25, -0.2) is 14.6 Å². The van der Waals surface area contributed by atoms with Gasteiger partial charge in [0, 0.05) is 16.9 Å². The first-order valence-corrected chi connectivity index (χ1v) is 9.69. The van der Waals surface area contributed by atoms with Crippen LogP contribution in [-0.2, 0) is 16.1 Å². The SMILES string of the molecule is CCOC(=O)Cn1ncc2c(Nc3ccc(NC(=O)c4ccccc4)cc3)ncnc21. The van der Waals surface area contributed by atoms with E-state index in [1.165, 1.54) is 11.0 Å². The first kappa shape index (κ1) is 20.0. The molecule has 0 saturated heterocycles. The van der Waals surface area contributed by atoms with Crippen LogP contribution in [0.25, 0.3) is 11.0 Å². The standard InChI is InChI=1S/C22H20N6O3/c1-2-31-19(29)13-28-21-18(12-25-28)20(23-14-24-21)26-16-8-10-17(11-9-16)27-22(30)15-6-4-3-5-7-15/h3-12,14H,2,13H2,1H3,(H,27,30)(H,23,24,26). The van der Waals surface area contributed by atoms with Gasteiger partial charge in [0.05, 0.1) is 18.2 Å². The van der Waals surface area contributed by atoms with E-state index in [1.807, 2.05) is 30.3 Å². The van der Waals surface area contributed by atoms with Crippen molar-refractivity contribution in [3.63, 3.8) is 0 Å². The Kier molecular flexibility index (Phi) is 5.84. The van der Waals surface area contributed by atoms with Gasteiger partial charge in [0.25, 0.3) is 5.91 Å². The van der Waals surface area contributed by atoms with Gasteiger partial charge in [-0.1, -0.05) is 18.2 Å². The second-order valence-corrected chi connectivity index (χ2v) is 6.59. The molecule has 4 rings (SSSR count). The number of nitrogens with one attached hydrogen (secondary N) is 2. The molecule has 0 fully saturated rings. The maximum Gasteiger partial charge on any atom is 0.327 e. The fraction of sp³-hybridized carbons (Fsp3) is 0.136. The number of benzene rings is 2. The van der Waals surface area contributed by atoms with E-state index in [-0.39, 0.29) is 18.4 Å². The summed E-state index contributed by atoms with van der Waals surface area (Å²) in [6.45, 7) is 2.03. The number of carbonyl (C=O) groups excluding carboxylic acids is 2. The maximum atomic E-state index is 12.3. The fourth-order valence-corrected chi connectivity index (χ4v) is 3.00. The number of hydrogen-bond donors (Lipinski definition) is 2. The highest BCUT2D eigenvalue weighted by molar-refractivity contribution is 6.04. The van der Waals surface area contributed by atoms with Gasteiger partial charge in [-0.2, -0.15) is 5.10 Å². The molecule has 2 aromatic carbocycles. The Balaban J connectivity index is 1.47. The third-order valence-corrected chi connectivity index (χ3v) is 4.46. The van der Waals surface area contributed by atoms with Gasteiger partial charge in [-0.3, -0.25) is 9.59 Å². The highest BCUT2D eigenvalue weighted by Crippen LogP contribution is 2.24. The third-order valence-electron chi connectivity index (χ3n) is 4.46. The van der Waals surface area contributed by atoms with E-state index in [9.17, 15) is 9.59 Å². The van der Waals surface area contributed by atoms with Gasteiger partial charge in [-0.15, -0.1) is 0 Å². The molecule has 0 unspecified atom stereocenters. The summed E-state index contributed by atoms with van der Waals surface area (Å²) in [5.74, 6) is 0.00257. The Morgan fingerprint density at radius 1 is 1.00 bits per heavy atom. The molecule has 1 amide bonds. The van der Waals surface area contributed by atoms with Crippen molar-refractivity contribution in [1.29, 1.82) is 0 Å². The molecule has 31 heavy (non-hydrogen) atoms. The molecule has 0 atom stereocenters. The summed E-state index contributed by atoms with van der Waals surface area (Å²) in [6.07, 6.45) is 3.01. The van der Waals surface area contributed by atoms with Gasteiger partial charge in [-0.05, 0) is 43.3 Å². The number of aromatic nitrogens is 4. The lowest BCUT2D eigenvalue weighted by Crippen LogP contribution is -2.14. The monoisotopic (exact) mass is 416 g/mol. The van der Waals surface area contributed by atoms with Crippen LogP contribution in [0.4, 0.5) is 17.2 Å². The van der Waals surface area contributed by atoms with Crippen LogP contribution in [0, 0.1) is 0 Å². The number of anilines is 3. The fourth-order valence-electron chi connectivity index (χ4n) is 3.00. The van der Waals surface area contributed by atoms with E-state index in [0.29, 0.717) is 34.7 Å². The van der Waals surface area contributed by atoms with Crippen LogP contribution in [-0.4, -0.2) is 38.2 Å². The molecule has 156 valence electrons. The van der Waals surface area contributed by atoms with Crippen LogP contribution in [0.15, 0.2) is 67.1 Å². The predicted octanol–water partition coefficient (Wildman–Crippen LogP) is 3.39. The number of nitrogens with zero attached hydrogens (tertiary/aromatic N) is 4. The first-order chi connectivity index (χ1) is 15.1. The van der Waals surface area contributed by atoms with Gasteiger partial charge in [0.1, 0.15) is 18.7 Å². The zero-order valence-corrected chi connectivity index (χ0v) is 16.8. The van der Waals surface area contributed by atoms with E-state index in [2.05, 4.69) is 25.7 Å². The van der Waals surface area contributed by atoms with Crippen molar-refractivity contribution in [2.75, 3.05) is 17.2 Å². The van der Waals surface area contributed by atoms with Crippen LogP contribution >= 0.6 is 0 Å². The molecule has 0 aliphatic heterocycles. The Hall–Kier alpha value is -4.27. The van der Waals surface area contributed by atoms with E-state index in [4.69, 9.17) is 4.74 Å². The molecule has 4 aromatic rings. The molecule has 0 spiro atoms. The number of rotatable bonds is 7. The zero-order chi connectivity index (χ0) is 21.6. The number of ether oxygens (including phenoxy) is 1. The molecule has 9 nitrogen and oxygen atoms in total. The van der Waals surface area contributed by atoms with Gasteiger partial charge < -0.3 is 15.4 Å². The van der Waals surface area contributed by atoms with Crippen molar-refractivity contribution in [2.45, 2.75) is 13.5 Å². The maximum absolute atomic E-state index is 12.3. The summed E-state index contributed by atoms with van der Waals surface area (Å²) in [4.78, 5) is 32.5. The quantitative estimate of drug-likeness (QED) is 0.444. The average molecular weight is 416 g/mol. The first-order valence-electron chi connectivity index (χ1n) is 9.69. The van der Waals surface area contributed by atoms with Crippen molar-refractivity contribution in [3.05, 3.63) is 72.7 Å². The normalized spacial score (nSPS) is 10.6. The minimum absolute atomic E-state index is 0.0242. The molecule has 0 aliphatic carbocycles. The van der Waals surface area contributed by atoms with Crippen molar-refractivity contribution >= 4 is 40.1 Å². The molecular weight excluding hydrogens is 396 g/mol. The molecule has 0 radical (unpaired) electrons.